The van der Waals surface area contributed by atoms with Crippen LogP contribution in [0.4, 0.5) is 11.9 Å². The molecule has 0 aliphatic heterocycles. The Balaban J connectivity index is 2.91. The molecule has 0 radical (unpaired) electrons. The fraction of sp³-hybridized carbons (Fsp3) is 0.750. The molecule has 0 spiro atoms. The summed E-state index contributed by atoms with van der Waals surface area (Å²) in [6.45, 7) is 9.66. The van der Waals surface area contributed by atoms with Gasteiger partial charge in [-0.15, -0.1) is 0 Å². The zero-order valence-electron chi connectivity index (χ0n) is 12.3. The molecule has 0 bridgehead atoms. The van der Waals surface area contributed by atoms with Gasteiger partial charge in [0.05, 0.1) is 18.8 Å². The molecule has 0 saturated heterocycles. The number of methoxy groups -OCH3 is 1. The van der Waals surface area contributed by atoms with Crippen LogP contribution in [-0.4, -0.2) is 47.4 Å². The second kappa shape index (κ2) is 7.08. The Kier molecular flexibility index (Phi) is 5.75. The van der Waals surface area contributed by atoms with Gasteiger partial charge in [0, 0.05) is 13.7 Å². The van der Waals surface area contributed by atoms with Gasteiger partial charge < -0.3 is 20.1 Å². The van der Waals surface area contributed by atoms with E-state index in [4.69, 9.17) is 9.47 Å². The predicted octanol–water partition coefficient (Wildman–Crippen LogP) is 1.54. The molecular weight excluding hydrogens is 246 g/mol. The number of anilines is 2. The van der Waals surface area contributed by atoms with Crippen molar-refractivity contribution in [2.24, 2.45) is 0 Å². The highest BCUT2D eigenvalue weighted by Crippen LogP contribution is 2.15. The highest BCUT2D eigenvalue weighted by atomic mass is 16.5. The van der Waals surface area contributed by atoms with E-state index in [9.17, 15) is 0 Å². The first-order valence-electron chi connectivity index (χ1n) is 6.40. The lowest BCUT2D eigenvalue weighted by atomic mass is 10.1. The largest absolute Gasteiger partial charge is 0.464 e. The maximum absolute atomic E-state index is 5.33. The van der Waals surface area contributed by atoms with E-state index in [1.165, 1.54) is 0 Å². The molecule has 7 nitrogen and oxygen atoms in total. The van der Waals surface area contributed by atoms with Crippen molar-refractivity contribution in [2.75, 3.05) is 37.5 Å². The number of nitrogens with zero attached hydrogens (tertiary/aromatic N) is 3. The van der Waals surface area contributed by atoms with E-state index in [2.05, 4.69) is 25.6 Å². The topological polar surface area (TPSA) is 81.2 Å². The molecule has 1 aromatic heterocycles. The second-order valence-electron chi connectivity index (χ2n) is 4.67. The average molecular weight is 269 g/mol. The maximum Gasteiger partial charge on any atom is 0.323 e. The quantitative estimate of drug-likeness (QED) is 0.740. The molecule has 7 heteroatoms. The molecule has 19 heavy (non-hydrogen) atoms. The summed E-state index contributed by atoms with van der Waals surface area (Å²) in [5.41, 5.74) is -0.275. The lowest BCUT2D eigenvalue weighted by Gasteiger charge is -2.25. The molecule has 108 valence electrons. The SMILES string of the molecule is CCNc1nc(NC(C)(C)COC)nc(OCC)n1. The number of hydrogen-bond acceptors (Lipinski definition) is 7. The van der Waals surface area contributed by atoms with Gasteiger partial charge in [0.15, 0.2) is 0 Å². The Morgan fingerprint density at radius 3 is 2.37 bits per heavy atom. The van der Waals surface area contributed by atoms with E-state index in [0.29, 0.717) is 31.1 Å². The summed E-state index contributed by atoms with van der Waals surface area (Å²) in [7, 11) is 1.66. The highest BCUT2D eigenvalue weighted by molar-refractivity contribution is 5.37. The molecule has 0 saturated carbocycles. The Hall–Kier alpha value is -1.63. The van der Waals surface area contributed by atoms with Crippen LogP contribution in [-0.2, 0) is 4.74 Å². The van der Waals surface area contributed by atoms with Gasteiger partial charge in [-0.2, -0.15) is 15.0 Å². The molecule has 1 rings (SSSR count). The number of nitrogens with one attached hydrogen (secondary N) is 2. The highest BCUT2D eigenvalue weighted by Gasteiger charge is 2.19. The predicted molar refractivity (Wildman–Crippen MR) is 74.7 cm³/mol. The van der Waals surface area contributed by atoms with Crippen molar-refractivity contribution in [3.8, 4) is 6.01 Å². The van der Waals surface area contributed by atoms with Crippen molar-refractivity contribution in [3.63, 3.8) is 0 Å². The average Bonchev–Trinajstić information content (AvgIpc) is 2.28. The van der Waals surface area contributed by atoms with Gasteiger partial charge in [0.25, 0.3) is 0 Å². The Morgan fingerprint density at radius 2 is 1.79 bits per heavy atom. The molecule has 0 atom stereocenters. The van der Waals surface area contributed by atoms with E-state index in [-0.39, 0.29) is 5.54 Å². The van der Waals surface area contributed by atoms with Crippen LogP contribution in [0.3, 0.4) is 0 Å². The molecule has 0 amide bonds. The van der Waals surface area contributed by atoms with Crippen LogP contribution in [0, 0.1) is 0 Å². The van der Waals surface area contributed by atoms with Crippen molar-refractivity contribution in [3.05, 3.63) is 0 Å². The van der Waals surface area contributed by atoms with Crippen molar-refractivity contribution in [1.29, 1.82) is 0 Å². The first-order chi connectivity index (χ1) is 9.00. The fourth-order valence-electron chi connectivity index (χ4n) is 1.54. The minimum Gasteiger partial charge on any atom is -0.464 e. The van der Waals surface area contributed by atoms with Crippen LogP contribution in [0.1, 0.15) is 27.7 Å². The smallest absolute Gasteiger partial charge is 0.323 e. The minimum atomic E-state index is -0.275. The van der Waals surface area contributed by atoms with Crippen molar-refractivity contribution >= 4 is 11.9 Å². The lowest BCUT2D eigenvalue weighted by Crippen LogP contribution is -2.36. The second-order valence-corrected chi connectivity index (χ2v) is 4.67. The van der Waals surface area contributed by atoms with Crippen molar-refractivity contribution < 1.29 is 9.47 Å². The fourth-order valence-corrected chi connectivity index (χ4v) is 1.54. The first-order valence-corrected chi connectivity index (χ1v) is 6.40. The zero-order valence-corrected chi connectivity index (χ0v) is 12.3. The van der Waals surface area contributed by atoms with E-state index in [0.717, 1.165) is 6.54 Å². The monoisotopic (exact) mass is 269 g/mol. The van der Waals surface area contributed by atoms with Gasteiger partial charge in [-0.25, -0.2) is 0 Å². The summed E-state index contributed by atoms with van der Waals surface area (Å²) in [6.07, 6.45) is 0. The molecule has 0 fully saturated rings. The van der Waals surface area contributed by atoms with Gasteiger partial charge in [-0.3, -0.25) is 0 Å². The molecule has 0 unspecified atom stereocenters. The molecule has 1 heterocycles. The number of ether oxygens (including phenoxy) is 2. The standard InChI is InChI=1S/C12H23N5O2/c1-6-13-9-14-10(16-11(15-9)19-7-2)17-12(3,4)8-18-5/h6-8H2,1-5H3,(H2,13,14,15,16,17). The van der Waals surface area contributed by atoms with E-state index in [1.54, 1.807) is 7.11 Å². The first kappa shape index (κ1) is 15.4. The van der Waals surface area contributed by atoms with Gasteiger partial charge >= 0.3 is 6.01 Å². The molecule has 0 aliphatic rings. The summed E-state index contributed by atoms with van der Waals surface area (Å²) in [5, 5.41) is 6.26. The maximum atomic E-state index is 5.33. The minimum absolute atomic E-state index is 0.275. The summed E-state index contributed by atoms with van der Waals surface area (Å²) in [4.78, 5) is 12.7. The van der Waals surface area contributed by atoms with E-state index >= 15 is 0 Å². The third-order valence-corrected chi connectivity index (χ3v) is 2.18. The van der Waals surface area contributed by atoms with Gasteiger partial charge in [0.1, 0.15) is 0 Å². The van der Waals surface area contributed by atoms with Gasteiger partial charge in [-0.05, 0) is 27.7 Å². The molecular formula is C12H23N5O2. The summed E-state index contributed by atoms with van der Waals surface area (Å²) < 4.78 is 10.5. The van der Waals surface area contributed by atoms with Crippen LogP contribution in [0.2, 0.25) is 0 Å². The molecule has 2 N–H and O–H groups in total. The Morgan fingerprint density at radius 1 is 1.11 bits per heavy atom. The van der Waals surface area contributed by atoms with Crippen LogP contribution in [0.5, 0.6) is 6.01 Å². The summed E-state index contributed by atoms with van der Waals surface area (Å²) in [6, 6.07) is 0.309. The van der Waals surface area contributed by atoms with Crippen LogP contribution in [0.25, 0.3) is 0 Å². The van der Waals surface area contributed by atoms with E-state index < -0.39 is 0 Å². The molecule has 0 aliphatic carbocycles. The number of rotatable bonds is 8. The van der Waals surface area contributed by atoms with Crippen LogP contribution < -0.4 is 15.4 Å². The van der Waals surface area contributed by atoms with Crippen molar-refractivity contribution in [1.82, 2.24) is 15.0 Å². The van der Waals surface area contributed by atoms with Gasteiger partial charge in [0.2, 0.25) is 11.9 Å². The van der Waals surface area contributed by atoms with Crippen LogP contribution in [0.15, 0.2) is 0 Å². The molecule has 0 aromatic carbocycles. The Bertz CT molecular complexity index is 373. The van der Waals surface area contributed by atoms with E-state index in [1.807, 2.05) is 27.7 Å². The normalized spacial score (nSPS) is 11.2. The third-order valence-electron chi connectivity index (χ3n) is 2.18. The zero-order chi connectivity index (χ0) is 14.3. The van der Waals surface area contributed by atoms with Crippen molar-refractivity contribution in [2.45, 2.75) is 33.2 Å². The summed E-state index contributed by atoms with van der Waals surface area (Å²) >= 11 is 0. The lowest BCUT2D eigenvalue weighted by molar-refractivity contribution is 0.157. The summed E-state index contributed by atoms with van der Waals surface area (Å²) in [5.74, 6) is 0.966. The van der Waals surface area contributed by atoms with Gasteiger partial charge in [-0.1, -0.05) is 0 Å². The number of aromatic nitrogens is 3. The Labute approximate surface area is 114 Å². The number of hydrogen-bond donors (Lipinski definition) is 2. The third kappa shape index (κ3) is 5.25. The van der Waals surface area contributed by atoms with Crippen LogP contribution >= 0.6 is 0 Å². The molecule has 1 aromatic rings.